The molecule has 2 aromatic carbocycles. The monoisotopic (exact) mass is 376 g/mol. The van der Waals surface area contributed by atoms with Crippen LogP contribution in [-0.4, -0.2) is 24.1 Å². The molecule has 8 nitrogen and oxygen atoms in total. The third kappa shape index (κ3) is 3.14. The Kier molecular flexibility index (Phi) is 4.43. The zero-order chi connectivity index (χ0) is 19.1. The molecule has 0 saturated carbocycles. The number of oxazole rings is 1. The summed E-state index contributed by atoms with van der Waals surface area (Å²) in [6.07, 6.45) is 0. The van der Waals surface area contributed by atoms with Crippen molar-refractivity contribution in [2.45, 2.75) is 18.4 Å². The second-order valence-corrected chi connectivity index (χ2v) is 7.52. The van der Waals surface area contributed by atoms with Gasteiger partial charge in [-0.15, -0.1) is 0 Å². The smallest absolute Gasteiger partial charge is 0.419 e. The van der Waals surface area contributed by atoms with E-state index in [0.29, 0.717) is 16.7 Å². The first-order chi connectivity index (χ1) is 12.2. The van der Waals surface area contributed by atoms with Crippen LogP contribution in [0.3, 0.4) is 0 Å². The first-order valence-electron chi connectivity index (χ1n) is 7.62. The van der Waals surface area contributed by atoms with Crippen molar-refractivity contribution in [2.24, 2.45) is 7.05 Å². The molecule has 0 amide bonds. The first-order valence-corrected chi connectivity index (χ1v) is 9.10. The molecule has 2 N–H and O–H groups in total. The Bertz CT molecular complexity index is 1170. The average Bonchev–Trinajstić information content (AvgIpc) is 2.87. The van der Waals surface area contributed by atoms with Gasteiger partial charge >= 0.3 is 11.7 Å². The molecule has 0 aliphatic carbocycles. The van der Waals surface area contributed by atoms with Gasteiger partial charge in [-0.3, -0.25) is 4.57 Å². The molecule has 0 fully saturated rings. The summed E-state index contributed by atoms with van der Waals surface area (Å²) < 4.78 is 34.0. The summed E-state index contributed by atoms with van der Waals surface area (Å²) in [6.45, 7) is 1.41. The number of sulfonamides is 1. The van der Waals surface area contributed by atoms with Crippen LogP contribution in [0.2, 0.25) is 0 Å². The topological polar surface area (TPSA) is 119 Å². The fourth-order valence-corrected chi connectivity index (χ4v) is 3.96. The van der Waals surface area contributed by atoms with Crippen LogP contribution >= 0.6 is 0 Å². The lowest BCUT2D eigenvalue weighted by molar-refractivity contribution is 0.0696. The minimum absolute atomic E-state index is 0.0341. The van der Waals surface area contributed by atoms with E-state index in [1.54, 1.807) is 25.2 Å². The lowest BCUT2D eigenvalue weighted by Crippen LogP contribution is -2.24. The minimum atomic E-state index is -3.91. The van der Waals surface area contributed by atoms with Crippen molar-refractivity contribution >= 4 is 27.1 Å². The van der Waals surface area contributed by atoms with E-state index in [4.69, 9.17) is 9.52 Å². The predicted octanol–water partition coefficient (Wildman–Crippen LogP) is 1.62. The third-order valence-corrected chi connectivity index (χ3v) is 5.67. The van der Waals surface area contributed by atoms with Crippen LogP contribution in [0.1, 0.15) is 21.5 Å². The summed E-state index contributed by atoms with van der Waals surface area (Å²) in [5.74, 6) is -1.69. The Morgan fingerprint density at radius 3 is 2.69 bits per heavy atom. The second-order valence-electron chi connectivity index (χ2n) is 5.79. The lowest BCUT2D eigenvalue weighted by atomic mass is 10.1. The Balaban J connectivity index is 1.88. The van der Waals surface area contributed by atoms with Gasteiger partial charge in [0.2, 0.25) is 10.0 Å². The number of nitrogens with one attached hydrogen (secondary N) is 1. The molecule has 1 heterocycles. The number of carboxylic acids is 1. The molecule has 9 heteroatoms. The van der Waals surface area contributed by atoms with E-state index in [0.717, 1.165) is 0 Å². The van der Waals surface area contributed by atoms with Crippen LogP contribution in [0.5, 0.6) is 0 Å². The number of nitrogens with zero attached hydrogens (tertiary/aromatic N) is 1. The van der Waals surface area contributed by atoms with Crippen molar-refractivity contribution in [3.8, 4) is 0 Å². The molecular weight excluding hydrogens is 360 g/mol. The number of carboxylic acid groups (broad SMARTS) is 1. The molecular formula is C17H16N2O6S. The molecule has 3 rings (SSSR count). The van der Waals surface area contributed by atoms with Gasteiger partial charge in [-0.25, -0.2) is 22.7 Å². The molecule has 0 radical (unpaired) electrons. The molecule has 0 bridgehead atoms. The van der Waals surface area contributed by atoms with Crippen molar-refractivity contribution in [1.29, 1.82) is 0 Å². The molecule has 1 aromatic heterocycles. The number of hydrogen-bond acceptors (Lipinski definition) is 5. The highest BCUT2D eigenvalue weighted by molar-refractivity contribution is 7.89. The first kappa shape index (κ1) is 17.9. The summed E-state index contributed by atoms with van der Waals surface area (Å²) in [6, 6.07) is 9.02. The van der Waals surface area contributed by atoms with E-state index in [1.807, 2.05) is 0 Å². The van der Waals surface area contributed by atoms with Gasteiger partial charge in [0.05, 0.1) is 16.0 Å². The van der Waals surface area contributed by atoms with E-state index in [1.165, 1.54) is 29.7 Å². The fourth-order valence-electron chi connectivity index (χ4n) is 2.68. The number of aromatic carboxylic acids is 1. The van der Waals surface area contributed by atoms with Crippen molar-refractivity contribution in [3.05, 3.63) is 63.6 Å². The summed E-state index contributed by atoms with van der Waals surface area (Å²) in [7, 11) is -2.33. The Hall–Kier alpha value is -2.91. The van der Waals surface area contributed by atoms with Crippen LogP contribution in [0.25, 0.3) is 11.1 Å². The van der Waals surface area contributed by atoms with Crippen LogP contribution in [-0.2, 0) is 23.6 Å². The van der Waals surface area contributed by atoms with E-state index in [2.05, 4.69) is 4.72 Å². The average molecular weight is 376 g/mol. The van der Waals surface area contributed by atoms with Gasteiger partial charge in [0.1, 0.15) is 0 Å². The molecule has 136 valence electrons. The summed E-state index contributed by atoms with van der Waals surface area (Å²) in [5.41, 5.74) is 1.66. The third-order valence-electron chi connectivity index (χ3n) is 4.13. The second kappa shape index (κ2) is 6.43. The molecule has 0 aliphatic heterocycles. The number of carbonyl (C=O) groups is 1. The van der Waals surface area contributed by atoms with Crippen LogP contribution in [0.15, 0.2) is 50.5 Å². The maximum Gasteiger partial charge on any atom is 0.419 e. The van der Waals surface area contributed by atoms with Gasteiger partial charge in [0.15, 0.2) is 5.58 Å². The molecule has 26 heavy (non-hydrogen) atoms. The summed E-state index contributed by atoms with van der Waals surface area (Å²) in [4.78, 5) is 22.6. The SMILES string of the molecule is Cc1c(C(=O)O)cccc1S(=O)(=O)NCc1ccc2c(c1)oc(=O)n2C. The predicted molar refractivity (Wildman–Crippen MR) is 93.6 cm³/mol. The number of hydrogen-bond donors (Lipinski definition) is 2. The van der Waals surface area contributed by atoms with Gasteiger partial charge in [-0.1, -0.05) is 12.1 Å². The summed E-state index contributed by atoms with van der Waals surface area (Å²) >= 11 is 0. The molecule has 0 saturated heterocycles. The highest BCUT2D eigenvalue weighted by atomic mass is 32.2. The van der Waals surface area contributed by atoms with Gasteiger partial charge < -0.3 is 9.52 Å². The normalized spacial score (nSPS) is 11.8. The van der Waals surface area contributed by atoms with E-state index < -0.39 is 21.7 Å². The molecule has 3 aromatic rings. The Morgan fingerprint density at radius 2 is 2.00 bits per heavy atom. The van der Waals surface area contributed by atoms with Gasteiger partial charge in [-0.2, -0.15) is 0 Å². The number of benzene rings is 2. The van der Waals surface area contributed by atoms with E-state index in [9.17, 15) is 18.0 Å². The van der Waals surface area contributed by atoms with Gasteiger partial charge in [0, 0.05) is 13.6 Å². The molecule has 0 atom stereocenters. The highest BCUT2D eigenvalue weighted by Gasteiger charge is 2.20. The maximum atomic E-state index is 12.5. The Morgan fingerprint density at radius 1 is 1.27 bits per heavy atom. The van der Waals surface area contributed by atoms with E-state index >= 15 is 0 Å². The van der Waals surface area contributed by atoms with Crippen molar-refractivity contribution < 1.29 is 22.7 Å². The minimum Gasteiger partial charge on any atom is -0.478 e. The van der Waals surface area contributed by atoms with Crippen molar-refractivity contribution in [3.63, 3.8) is 0 Å². The lowest BCUT2D eigenvalue weighted by Gasteiger charge is -2.11. The van der Waals surface area contributed by atoms with E-state index in [-0.39, 0.29) is 22.6 Å². The fraction of sp³-hybridized carbons (Fsp3) is 0.176. The van der Waals surface area contributed by atoms with Gasteiger partial charge in [-0.05, 0) is 42.3 Å². The van der Waals surface area contributed by atoms with Crippen LogP contribution in [0.4, 0.5) is 0 Å². The zero-order valence-electron chi connectivity index (χ0n) is 14.0. The molecule has 0 unspecified atom stereocenters. The molecule has 0 aliphatic rings. The maximum absolute atomic E-state index is 12.5. The van der Waals surface area contributed by atoms with Crippen molar-refractivity contribution in [1.82, 2.24) is 9.29 Å². The number of aryl methyl sites for hydroxylation is 1. The number of aromatic nitrogens is 1. The Labute approximate surface area is 148 Å². The van der Waals surface area contributed by atoms with Gasteiger partial charge in [0.25, 0.3) is 0 Å². The van der Waals surface area contributed by atoms with Crippen molar-refractivity contribution in [2.75, 3.05) is 0 Å². The number of fused-ring (bicyclic) bond motifs is 1. The number of rotatable bonds is 5. The van der Waals surface area contributed by atoms with Crippen LogP contribution < -0.4 is 10.5 Å². The zero-order valence-corrected chi connectivity index (χ0v) is 14.8. The van der Waals surface area contributed by atoms with Crippen LogP contribution in [0, 0.1) is 6.92 Å². The highest BCUT2D eigenvalue weighted by Crippen LogP contribution is 2.20. The summed E-state index contributed by atoms with van der Waals surface area (Å²) in [5, 5.41) is 9.14. The largest absolute Gasteiger partial charge is 0.478 e. The quantitative estimate of drug-likeness (QED) is 0.698. The standard InChI is InChI=1S/C17H16N2O6S/c1-10-12(16(20)21)4-3-5-15(10)26(23,24)18-9-11-6-7-13-14(8-11)25-17(22)19(13)2/h3-8,18H,9H2,1-2H3,(H,20,21). The molecule has 0 spiro atoms.